The first-order valence-electron chi connectivity index (χ1n) is 13.3. The number of nitrogens with zero attached hydrogens (tertiary/aromatic N) is 1. The van der Waals surface area contributed by atoms with Crippen LogP contribution in [-0.2, 0) is 9.53 Å². The van der Waals surface area contributed by atoms with E-state index in [1.807, 2.05) is 24.3 Å². The molecule has 0 saturated heterocycles. The molecule has 0 fully saturated rings. The van der Waals surface area contributed by atoms with Crippen LogP contribution in [0.25, 0.3) is 0 Å². The van der Waals surface area contributed by atoms with Crippen molar-refractivity contribution < 1.29 is 24.2 Å². The van der Waals surface area contributed by atoms with Gasteiger partial charge in [-0.05, 0) is 108 Å². The lowest BCUT2D eigenvalue weighted by Crippen LogP contribution is -2.31. The second-order valence-electron chi connectivity index (χ2n) is 9.37. The molecule has 2 atom stereocenters. The molecule has 4 aromatic carbocycles. The Kier molecular flexibility index (Phi) is 11.0. The first-order chi connectivity index (χ1) is 20.8. The maximum absolute atomic E-state index is 13.1. The third-order valence-electron chi connectivity index (χ3n) is 6.26. The van der Waals surface area contributed by atoms with E-state index in [0.717, 1.165) is 3.57 Å². The van der Waals surface area contributed by atoms with E-state index in [-0.39, 0.29) is 11.7 Å². The van der Waals surface area contributed by atoms with Gasteiger partial charge < -0.3 is 25.6 Å². The average Bonchev–Trinajstić information content (AvgIpc) is 3.01. The van der Waals surface area contributed by atoms with E-state index in [9.17, 15) is 14.7 Å². The highest BCUT2D eigenvalue weighted by Gasteiger charge is 2.31. The number of allylic oxidation sites excluding steroid dienone is 1. The molecule has 0 radical (unpaired) electrons. The maximum Gasteiger partial charge on any atom is 0.412 e. The minimum absolute atomic E-state index is 0.0615. The quantitative estimate of drug-likeness (QED) is 0.0743. The number of carbonyl (C=O) groups is 2. The number of hydrogen-bond donors (Lipinski definition) is 4. The van der Waals surface area contributed by atoms with Gasteiger partial charge in [0.1, 0.15) is 17.6 Å². The molecular formula is C33H29IN4O5. The number of ether oxygens (including phenoxy) is 2. The molecule has 4 rings (SSSR count). The molecule has 4 aromatic rings. The van der Waals surface area contributed by atoms with Gasteiger partial charge in [0, 0.05) is 14.8 Å². The molecule has 218 valence electrons. The van der Waals surface area contributed by atoms with Gasteiger partial charge in [0.05, 0.1) is 23.0 Å². The molecular weight excluding hydrogens is 659 g/mol. The number of phenols is 1. The van der Waals surface area contributed by atoms with Crippen molar-refractivity contribution in [1.82, 2.24) is 0 Å². The highest BCUT2D eigenvalue weighted by Crippen LogP contribution is 2.35. The number of nitrogens with one attached hydrogen (secondary N) is 2. The predicted molar refractivity (Wildman–Crippen MR) is 174 cm³/mol. The highest BCUT2D eigenvalue weighted by atomic mass is 127. The summed E-state index contributed by atoms with van der Waals surface area (Å²) in [5, 5.41) is 25.3. The Morgan fingerprint density at radius 2 is 1.70 bits per heavy atom. The number of hydrogen-bond acceptors (Lipinski definition) is 7. The Morgan fingerprint density at radius 1 is 0.977 bits per heavy atom. The normalized spacial score (nSPS) is 12.1. The average molecular weight is 689 g/mol. The third kappa shape index (κ3) is 9.24. The molecule has 0 aromatic heterocycles. The number of amides is 2. The number of para-hydroxylation sites is 3. The number of halogens is 1. The number of rotatable bonds is 11. The lowest BCUT2D eigenvalue weighted by Gasteiger charge is -2.28. The molecule has 43 heavy (non-hydrogen) atoms. The summed E-state index contributed by atoms with van der Waals surface area (Å²) >= 11 is 2.12. The van der Waals surface area contributed by atoms with Crippen LogP contribution in [0, 0.1) is 14.9 Å². The summed E-state index contributed by atoms with van der Waals surface area (Å²) in [7, 11) is 0. The summed E-state index contributed by atoms with van der Waals surface area (Å²) in [4.78, 5) is 25.6. The fourth-order valence-corrected chi connectivity index (χ4v) is 4.68. The number of carbonyl (C=O) groups excluding carboxylic acids is 2. The van der Waals surface area contributed by atoms with Crippen molar-refractivity contribution in [1.29, 1.82) is 5.26 Å². The van der Waals surface area contributed by atoms with Crippen LogP contribution in [0.2, 0.25) is 0 Å². The molecule has 10 heteroatoms. The smallest absolute Gasteiger partial charge is 0.412 e. The fraction of sp³-hybridized carbons (Fsp3) is 0.121. The van der Waals surface area contributed by atoms with E-state index in [0.29, 0.717) is 46.8 Å². The van der Waals surface area contributed by atoms with Crippen LogP contribution in [0.4, 0.5) is 21.9 Å². The minimum Gasteiger partial charge on any atom is -0.508 e. The van der Waals surface area contributed by atoms with Crippen molar-refractivity contribution in [3.05, 3.63) is 124 Å². The van der Waals surface area contributed by atoms with E-state index < -0.39 is 18.3 Å². The van der Waals surface area contributed by atoms with Crippen molar-refractivity contribution in [2.75, 3.05) is 16.4 Å². The van der Waals surface area contributed by atoms with Gasteiger partial charge in [-0.25, -0.2) is 4.79 Å². The van der Waals surface area contributed by atoms with Crippen LogP contribution in [0.1, 0.15) is 30.1 Å². The first kappa shape index (κ1) is 30.9. The van der Waals surface area contributed by atoms with Crippen LogP contribution in [-0.4, -0.2) is 23.2 Å². The van der Waals surface area contributed by atoms with Crippen molar-refractivity contribution in [3.8, 4) is 17.6 Å². The molecule has 5 N–H and O–H groups in total. The van der Waals surface area contributed by atoms with Crippen LogP contribution in [0.5, 0.6) is 11.5 Å². The number of aromatic hydroxyl groups is 1. The SMILES string of the molecule is N#Cc1ccc(NC(=O)O[C@H](c2cc(I)ccc2O)[C@@H](CC/C=C/C(=O)Nc2ccccc2N)Oc2ccccc2)cc1. The monoisotopic (exact) mass is 688 g/mol. The summed E-state index contributed by atoms with van der Waals surface area (Å²) in [5.74, 6) is 0.136. The summed E-state index contributed by atoms with van der Waals surface area (Å²) < 4.78 is 13.1. The Labute approximate surface area is 263 Å². The number of phenolic OH excluding ortho intramolecular Hbond substituents is 1. The number of anilines is 3. The van der Waals surface area contributed by atoms with Gasteiger partial charge in [0.25, 0.3) is 0 Å². The van der Waals surface area contributed by atoms with E-state index in [4.69, 9.17) is 20.5 Å². The molecule has 0 heterocycles. The van der Waals surface area contributed by atoms with E-state index in [1.54, 1.807) is 78.9 Å². The molecule has 0 saturated carbocycles. The minimum atomic E-state index is -1.03. The predicted octanol–water partition coefficient (Wildman–Crippen LogP) is 7.16. The summed E-state index contributed by atoms with van der Waals surface area (Å²) in [6.45, 7) is 0. The summed E-state index contributed by atoms with van der Waals surface area (Å²) in [6, 6.07) is 29.4. The van der Waals surface area contributed by atoms with Gasteiger partial charge in [-0.1, -0.05) is 36.4 Å². The van der Waals surface area contributed by atoms with Crippen LogP contribution >= 0.6 is 22.6 Å². The maximum atomic E-state index is 13.1. The molecule has 9 nitrogen and oxygen atoms in total. The Hall–Kier alpha value is -5.02. The molecule has 2 amide bonds. The molecule has 0 aliphatic rings. The highest BCUT2D eigenvalue weighted by molar-refractivity contribution is 14.1. The number of nitriles is 1. The van der Waals surface area contributed by atoms with Crippen molar-refractivity contribution in [2.24, 2.45) is 0 Å². The second-order valence-corrected chi connectivity index (χ2v) is 10.6. The summed E-state index contributed by atoms with van der Waals surface area (Å²) in [6.07, 6.45) is 1.25. The largest absolute Gasteiger partial charge is 0.508 e. The number of nitrogen functional groups attached to an aromatic ring is 1. The molecule has 0 aliphatic carbocycles. The van der Waals surface area contributed by atoms with Crippen molar-refractivity contribution in [2.45, 2.75) is 25.0 Å². The molecule has 0 spiro atoms. The zero-order valence-electron chi connectivity index (χ0n) is 22.9. The zero-order chi connectivity index (χ0) is 30.6. The van der Waals surface area contributed by atoms with Crippen molar-refractivity contribution >= 4 is 51.7 Å². The van der Waals surface area contributed by atoms with Gasteiger partial charge in [-0.15, -0.1) is 0 Å². The second kappa shape index (κ2) is 15.3. The van der Waals surface area contributed by atoms with Gasteiger partial charge in [0.15, 0.2) is 6.10 Å². The Balaban J connectivity index is 1.56. The van der Waals surface area contributed by atoms with Gasteiger partial charge in [-0.2, -0.15) is 5.26 Å². The van der Waals surface area contributed by atoms with E-state index in [1.165, 1.54) is 12.1 Å². The Bertz CT molecular complexity index is 1620. The van der Waals surface area contributed by atoms with Gasteiger partial charge in [-0.3, -0.25) is 10.1 Å². The molecule has 0 unspecified atom stereocenters. The van der Waals surface area contributed by atoms with Crippen LogP contribution in [0.3, 0.4) is 0 Å². The van der Waals surface area contributed by atoms with Crippen LogP contribution in [0.15, 0.2) is 109 Å². The number of nitrogens with two attached hydrogens (primary N) is 1. The summed E-state index contributed by atoms with van der Waals surface area (Å²) in [5.41, 5.74) is 8.13. The van der Waals surface area contributed by atoms with Crippen molar-refractivity contribution in [3.63, 3.8) is 0 Å². The molecule has 0 bridgehead atoms. The number of benzene rings is 4. The lowest BCUT2D eigenvalue weighted by molar-refractivity contribution is -0.111. The third-order valence-corrected chi connectivity index (χ3v) is 6.94. The van der Waals surface area contributed by atoms with Gasteiger partial charge >= 0.3 is 6.09 Å². The van der Waals surface area contributed by atoms with Crippen LogP contribution < -0.4 is 21.1 Å². The zero-order valence-corrected chi connectivity index (χ0v) is 25.1. The van der Waals surface area contributed by atoms with Gasteiger partial charge in [0.2, 0.25) is 5.91 Å². The van der Waals surface area contributed by atoms with E-state index >= 15 is 0 Å². The topological polar surface area (TPSA) is 147 Å². The molecule has 0 aliphatic heterocycles. The lowest BCUT2D eigenvalue weighted by atomic mass is 9.99. The van der Waals surface area contributed by atoms with E-state index in [2.05, 4.69) is 33.2 Å². The Morgan fingerprint density at radius 3 is 2.42 bits per heavy atom. The standard InChI is InChI=1S/C33H29IN4O5/c34-23-16-19-29(39)26(20-23)32(43-33(41)37-24-17-14-22(21-35)15-18-24)30(42-25-8-2-1-3-9-25)12-6-7-13-31(40)38-28-11-5-4-10-27(28)36/h1-5,7-11,13-20,30,32,39H,6,12,36H2,(H,37,41)(H,38,40)/b13-7+/t30-,32-/m1/s1. The fourth-order valence-electron chi connectivity index (χ4n) is 4.17. The first-order valence-corrected chi connectivity index (χ1v) is 14.4.